The number of rotatable bonds is 6. The van der Waals surface area contributed by atoms with Gasteiger partial charge in [0.15, 0.2) is 0 Å². The predicted octanol–water partition coefficient (Wildman–Crippen LogP) is 6.21. The fourth-order valence-electron chi connectivity index (χ4n) is 3.12. The fourth-order valence-corrected chi connectivity index (χ4v) is 4.95. The Kier molecular flexibility index (Phi) is 5.83. The van der Waals surface area contributed by atoms with Gasteiger partial charge in [-0.15, -0.1) is 0 Å². The van der Waals surface area contributed by atoms with Crippen molar-refractivity contribution in [2.75, 3.05) is 0 Å². The molecule has 0 saturated heterocycles. The van der Waals surface area contributed by atoms with Crippen LogP contribution in [0.1, 0.15) is 5.56 Å². The molecule has 0 unspecified atom stereocenters. The van der Waals surface area contributed by atoms with E-state index in [4.69, 9.17) is 11.6 Å². The number of hydrogen-bond donors (Lipinski definition) is 1. The van der Waals surface area contributed by atoms with Crippen molar-refractivity contribution in [3.05, 3.63) is 100 Å². The minimum atomic E-state index is -3.66. The normalized spacial score (nSPS) is 11.5. The maximum atomic E-state index is 12.9. The molecule has 1 heterocycles. The van der Waals surface area contributed by atoms with Gasteiger partial charge in [0.25, 0.3) is 0 Å². The van der Waals surface area contributed by atoms with E-state index in [9.17, 15) is 8.42 Å². The van der Waals surface area contributed by atoms with E-state index in [0.717, 1.165) is 27.8 Å². The third kappa shape index (κ3) is 4.60. The van der Waals surface area contributed by atoms with Crippen molar-refractivity contribution in [2.45, 2.75) is 11.4 Å². The minimum absolute atomic E-state index is 0.222. The molecule has 29 heavy (non-hydrogen) atoms. The van der Waals surface area contributed by atoms with Crippen molar-refractivity contribution in [1.29, 1.82) is 0 Å². The van der Waals surface area contributed by atoms with Gasteiger partial charge in [0.2, 0.25) is 10.0 Å². The third-order valence-electron chi connectivity index (χ3n) is 4.62. The van der Waals surface area contributed by atoms with Gasteiger partial charge in [-0.1, -0.05) is 60.1 Å². The summed E-state index contributed by atoms with van der Waals surface area (Å²) in [7, 11) is -3.66. The lowest BCUT2D eigenvalue weighted by molar-refractivity contribution is 0.581. The van der Waals surface area contributed by atoms with Gasteiger partial charge >= 0.3 is 0 Å². The van der Waals surface area contributed by atoms with Crippen LogP contribution in [-0.2, 0) is 16.6 Å². The zero-order valence-corrected chi connectivity index (χ0v) is 17.8. The molecule has 0 atom stereocenters. The van der Waals surface area contributed by atoms with E-state index in [1.54, 1.807) is 41.7 Å². The monoisotopic (exact) mass is 439 g/mol. The zero-order chi connectivity index (χ0) is 20.3. The molecule has 0 aliphatic rings. The summed E-state index contributed by atoms with van der Waals surface area (Å²) in [4.78, 5) is 0.234. The van der Waals surface area contributed by atoms with Crippen molar-refractivity contribution < 1.29 is 8.42 Å². The first-order valence-corrected chi connectivity index (χ1v) is 11.8. The van der Waals surface area contributed by atoms with Crippen molar-refractivity contribution >= 4 is 33.0 Å². The van der Waals surface area contributed by atoms with E-state index in [0.29, 0.717) is 5.02 Å². The smallest absolute Gasteiger partial charge is 0.207 e. The van der Waals surface area contributed by atoms with E-state index in [1.165, 1.54) is 0 Å². The SMILES string of the molecule is O=S(=O)(NCc1ccccc1-c1ccsc1)c1cccc(-c2ccc(Cl)cc2)c1. The van der Waals surface area contributed by atoms with Gasteiger partial charge in [0, 0.05) is 11.6 Å². The second-order valence-corrected chi connectivity index (χ2v) is 9.51. The lowest BCUT2D eigenvalue weighted by Gasteiger charge is -2.11. The molecule has 0 bridgehead atoms. The van der Waals surface area contributed by atoms with Crippen LogP contribution in [0.4, 0.5) is 0 Å². The molecule has 6 heteroatoms. The van der Waals surface area contributed by atoms with Crippen LogP contribution in [0.25, 0.3) is 22.3 Å². The van der Waals surface area contributed by atoms with E-state index in [-0.39, 0.29) is 11.4 Å². The highest BCUT2D eigenvalue weighted by atomic mass is 35.5. The average molecular weight is 440 g/mol. The maximum Gasteiger partial charge on any atom is 0.240 e. The minimum Gasteiger partial charge on any atom is -0.207 e. The highest BCUT2D eigenvalue weighted by molar-refractivity contribution is 7.89. The van der Waals surface area contributed by atoms with Crippen molar-refractivity contribution in [3.63, 3.8) is 0 Å². The molecule has 4 rings (SSSR count). The van der Waals surface area contributed by atoms with E-state index in [1.807, 2.05) is 53.9 Å². The number of benzene rings is 3. The summed E-state index contributed by atoms with van der Waals surface area (Å²) in [6.45, 7) is 0.222. The summed E-state index contributed by atoms with van der Waals surface area (Å²) in [5.74, 6) is 0. The second kappa shape index (κ2) is 8.51. The van der Waals surface area contributed by atoms with Gasteiger partial charge in [-0.3, -0.25) is 0 Å². The molecule has 1 N–H and O–H groups in total. The molecule has 0 spiro atoms. The third-order valence-corrected chi connectivity index (χ3v) is 6.96. The molecule has 0 amide bonds. The largest absolute Gasteiger partial charge is 0.240 e. The Labute approximate surface area is 179 Å². The highest BCUT2D eigenvalue weighted by Crippen LogP contribution is 2.27. The average Bonchev–Trinajstić information content (AvgIpc) is 3.28. The Bertz CT molecular complexity index is 1220. The van der Waals surface area contributed by atoms with E-state index in [2.05, 4.69) is 10.1 Å². The summed E-state index contributed by atoms with van der Waals surface area (Å²) in [5.41, 5.74) is 4.79. The molecular weight excluding hydrogens is 422 g/mol. The standard InChI is InChI=1S/C23H18ClNO2S2/c24-21-10-8-17(9-11-21)18-5-3-6-22(14-18)29(26,27)25-15-19-4-1-2-7-23(19)20-12-13-28-16-20/h1-14,16,25H,15H2. The Balaban J connectivity index is 1.58. The molecule has 146 valence electrons. The topological polar surface area (TPSA) is 46.2 Å². The zero-order valence-electron chi connectivity index (χ0n) is 15.4. The highest BCUT2D eigenvalue weighted by Gasteiger charge is 2.16. The molecule has 0 saturated carbocycles. The van der Waals surface area contributed by atoms with Crippen molar-refractivity contribution in [3.8, 4) is 22.3 Å². The Morgan fingerprint density at radius 3 is 2.38 bits per heavy atom. The number of sulfonamides is 1. The number of halogens is 1. The van der Waals surface area contributed by atoms with Crippen LogP contribution < -0.4 is 4.72 Å². The maximum absolute atomic E-state index is 12.9. The number of thiophene rings is 1. The van der Waals surface area contributed by atoms with Crippen LogP contribution in [-0.4, -0.2) is 8.42 Å². The van der Waals surface area contributed by atoms with Crippen LogP contribution in [0.3, 0.4) is 0 Å². The fraction of sp³-hybridized carbons (Fsp3) is 0.0435. The van der Waals surface area contributed by atoms with Crippen LogP contribution in [0.2, 0.25) is 5.02 Å². The second-order valence-electron chi connectivity index (χ2n) is 6.53. The molecular formula is C23H18ClNO2S2. The van der Waals surface area contributed by atoms with Crippen LogP contribution in [0.5, 0.6) is 0 Å². The number of hydrogen-bond acceptors (Lipinski definition) is 3. The molecule has 0 aliphatic heterocycles. The van der Waals surface area contributed by atoms with E-state index < -0.39 is 10.0 Å². The van der Waals surface area contributed by atoms with Crippen molar-refractivity contribution in [1.82, 2.24) is 4.72 Å². The number of nitrogens with one attached hydrogen (secondary N) is 1. The van der Waals surface area contributed by atoms with Crippen LogP contribution in [0.15, 0.2) is 94.5 Å². The van der Waals surface area contributed by atoms with Gasteiger partial charge in [0.05, 0.1) is 4.90 Å². The summed E-state index contributed by atoms with van der Waals surface area (Å²) in [6, 6.07) is 24.1. The van der Waals surface area contributed by atoms with Gasteiger partial charge in [-0.2, -0.15) is 11.3 Å². The summed E-state index contributed by atoms with van der Waals surface area (Å²) in [5, 5.41) is 4.71. The molecule has 3 nitrogen and oxygen atoms in total. The quantitative estimate of drug-likeness (QED) is 0.388. The summed E-state index contributed by atoms with van der Waals surface area (Å²) >= 11 is 7.56. The van der Waals surface area contributed by atoms with Gasteiger partial charge in [-0.25, -0.2) is 13.1 Å². The lowest BCUT2D eigenvalue weighted by atomic mass is 10.0. The molecule has 3 aromatic carbocycles. The predicted molar refractivity (Wildman–Crippen MR) is 121 cm³/mol. The lowest BCUT2D eigenvalue weighted by Crippen LogP contribution is -2.23. The molecule has 1 aromatic heterocycles. The summed E-state index contributed by atoms with van der Waals surface area (Å²) < 4.78 is 28.6. The van der Waals surface area contributed by atoms with Crippen LogP contribution in [0, 0.1) is 0 Å². The van der Waals surface area contributed by atoms with Gasteiger partial charge < -0.3 is 0 Å². The van der Waals surface area contributed by atoms with Gasteiger partial charge in [-0.05, 0) is 68.9 Å². The summed E-state index contributed by atoms with van der Waals surface area (Å²) in [6.07, 6.45) is 0. The Morgan fingerprint density at radius 1 is 0.828 bits per heavy atom. The Hall–Kier alpha value is -2.44. The first-order valence-electron chi connectivity index (χ1n) is 8.99. The first kappa shape index (κ1) is 19.9. The molecule has 4 aromatic rings. The first-order chi connectivity index (χ1) is 14.0. The van der Waals surface area contributed by atoms with Gasteiger partial charge in [0.1, 0.15) is 0 Å². The molecule has 0 radical (unpaired) electrons. The Morgan fingerprint density at radius 2 is 1.62 bits per heavy atom. The molecule has 0 fully saturated rings. The van der Waals surface area contributed by atoms with Crippen molar-refractivity contribution in [2.24, 2.45) is 0 Å². The van der Waals surface area contributed by atoms with Crippen LogP contribution >= 0.6 is 22.9 Å². The molecule has 0 aliphatic carbocycles. The van der Waals surface area contributed by atoms with E-state index >= 15 is 0 Å².